The molecule has 2 fully saturated rings. The molecule has 2 bridgehead atoms. The minimum atomic E-state index is -0.599. The third-order valence-electron chi connectivity index (χ3n) is 4.01. The Kier molecular flexibility index (Phi) is 2.13. The molecule has 0 aromatic heterocycles. The van der Waals surface area contributed by atoms with Gasteiger partial charge in [-0.25, -0.2) is 0 Å². The van der Waals surface area contributed by atoms with Gasteiger partial charge >= 0.3 is 0 Å². The first-order chi connectivity index (χ1) is 6.03. The summed E-state index contributed by atoms with van der Waals surface area (Å²) >= 11 is 0. The molecule has 13 heavy (non-hydrogen) atoms. The lowest BCUT2D eigenvalue weighted by Crippen LogP contribution is -2.56. The van der Waals surface area contributed by atoms with Gasteiger partial charge in [0.15, 0.2) is 0 Å². The van der Waals surface area contributed by atoms with Crippen molar-refractivity contribution in [2.75, 3.05) is 7.05 Å². The molecule has 3 unspecified atom stereocenters. The fourth-order valence-corrected chi connectivity index (χ4v) is 2.85. The van der Waals surface area contributed by atoms with Crippen molar-refractivity contribution >= 4 is 0 Å². The van der Waals surface area contributed by atoms with Gasteiger partial charge in [-0.1, -0.05) is 0 Å². The van der Waals surface area contributed by atoms with E-state index in [1.807, 2.05) is 6.92 Å². The van der Waals surface area contributed by atoms with Crippen molar-refractivity contribution < 1.29 is 5.11 Å². The highest BCUT2D eigenvalue weighted by Crippen LogP contribution is 2.40. The SMILES string of the molecule is CC(N)C1(O)CC2CCC(C1)N2C. The molecule has 76 valence electrons. The monoisotopic (exact) mass is 184 g/mol. The first-order valence-electron chi connectivity index (χ1n) is 5.23. The van der Waals surface area contributed by atoms with Gasteiger partial charge in [0.05, 0.1) is 5.60 Å². The van der Waals surface area contributed by atoms with E-state index in [2.05, 4.69) is 11.9 Å². The second-order valence-corrected chi connectivity index (χ2v) is 4.85. The predicted molar refractivity (Wildman–Crippen MR) is 52.4 cm³/mol. The lowest BCUT2D eigenvalue weighted by molar-refractivity contribution is -0.0581. The van der Waals surface area contributed by atoms with Crippen molar-refractivity contribution in [3.05, 3.63) is 0 Å². The summed E-state index contributed by atoms with van der Waals surface area (Å²) < 4.78 is 0. The molecule has 0 aromatic carbocycles. The first-order valence-corrected chi connectivity index (χ1v) is 5.23. The van der Waals surface area contributed by atoms with E-state index < -0.39 is 5.60 Å². The van der Waals surface area contributed by atoms with Crippen LogP contribution >= 0.6 is 0 Å². The van der Waals surface area contributed by atoms with Crippen molar-refractivity contribution in [2.24, 2.45) is 5.73 Å². The number of rotatable bonds is 1. The summed E-state index contributed by atoms with van der Waals surface area (Å²) in [4.78, 5) is 2.41. The fraction of sp³-hybridized carbons (Fsp3) is 1.00. The Balaban J connectivity index is 2.14. The number of hydrogen-bond acceptors (Lipinski definition) is 3. The van der Waals surface area contributed by atoms with Crippen LogP contribution in [0.2, 0.25) is 0 Å². The molecule has 0 aromatic rings. The molecular weight excluding hydrogens is 164 g/mol. The molecular formula is C10H20N2O. The molecule has 0 spiro atoms. The van der Waals surface area contributed by atoms with Crippen molar-refractivity contribution in [1.82, 2.24) is 4.90 Å². The Bertz CT molecular complexity index is 191. The summed E-state index contributed by atoms with van der Waals surface area (Å²) in [6.07, 6.45) is 4.18. The largest absolute Gasteiger partial charge is 0.388 e. The third-order valence-corrected chi connectivity index (χ3v) is 4.01. The number of piperidine rings is 1. The summed E-state index contributed by atoms with van der Waals surface area (Å²) in [7, 11) is 2.17. The number of hydrogen-bond donors (Lipinski definition) is 2. The Morgan fingerprint density at radius 2 is 1.85 bits per heavy atom. The minimum Gasteiger partial charge on any atom is -0.388 e. The zero-order valence-corrected chi connectivity index (χ0v) is 8.53. The van der Waals surface area contributed by atoms with E-state index in [1.165, 1.54) is 12.8 Å². The van der Waals surface area contributed by atoms with Crippen LogP contribution in [0, 0.1) is 0 Å². The van der Waals surface area contributed by atoms with Gasteiger partial charge in [-0.05, 0) is 39.7 Å². The van der Waals surface area contributed by atoms with Crippen LogP contribution in [0.15, 0.2) is 0 Å². The highest BCUT2D eigenvalue weighted by molar-refractivity contribution is 5.03. The minimum absolute atomic E-state index is 0.0932. The molecule has 0 radical (unpaired) electrons. The topological polar surface area (TPSA) is 49.5 Å². The lowest BCUT2D eigenvalue weighted by Gasteiger charge is -2.44. The molecule has 2 rings (SSSR count). The van der Waals surface area contributed by atoms with Gasteiger partial charge in [-0.3, -0.25) is 0 Å². The molecule has 3 atom stereocenters. The van der Waals surface area contributed by atoms with Gasteiger partial charge < -0.3 is 15.7 Å². The molecule has 0 saturated carbocycles. The molecule has 0 aliphatic carbocycles. The fourth-order valence-electron chi connectivity index (χ4n) is 2.85. The maximum absolute atomic E-state index is 10.3. The second-order valence-electron chi connectivity index (χ2n) is 4.85. The van der Waals surface area contributed by atoms with E-state index in [-0.39, 0.29) is 6.04 Å². The van der Waals surface area contributed by atoms with E-state index in [9.17, 15) is 5.11 Å². The van der Waals surface area contributed by atoms with Crippen LogP contribution in [0.3, 0.4) is 0 Å². The Labute approximate surface area is 79.9 Å². The summed E-state index contributed by atoms with van der Waals surface area (Å²) in [5.41, 5.74) is 5.23. The van der Waals surface area contributed by atoms with Crippen LogP contribution < -0.4 is 5.73 Å². The predicted octanol–water partition coefficient (Wildman–Crippen LogP) is 0.321. The van der Waals surface area contributed by atoms with Gasteiger partial charge in [0.1, 0.15) is 0 Å². The summed E-state index contributed by atoms with van der Waals surface area (Å²) in [5, 5.41) is 10.3. The van der Waals surface area contributed by atoms with E-state index in [4.69, 9.17) is 5.73 Å². The van der Waals surface area contributed by atoms with E-state index in [1.54, 1.807) is 0 Å². The maximum atomic E-state index is 10.3. The lowest BCUT2D eigenvalue weighted by atomic mass is 9.81. The van der Waals surface area contributed by atoms with Crippen LogP contribution in [0.5, 0.6) is 0 Å². The maximum Gasteiger partial charge on any atom is 0.0824 e. The van der Waals surface area contributed by atoms with Crippen LogP contribution in [0.1, 0.15) is 32.6 Å². The smallest absolute Gasteiger partial charge is 0.0824 e. The van der Waals surface area contributed by atoms with Gasteiger partial charge in [0.2, 0.25) is 0 Å². The second kappa shape index (κ2) is 2.94. The normalized spacial score (nSPS) is 48.0. The molecule has 2 saturated heterocycles. The van der Waals surface area contributed by atoms with E-state index in [0.717, 1.165) is 12.8 Å². The van der Waals surface area contributed by atoms with Crippen molar-refractivity contribution in [2.45, 2.75) is 56.3 Å². The van der Waals surface area contributed by atoms with Gasteiger partial charge in [-0.2, -0.15) is 0 Å². The quantitative estimate of drug-likeness (QED) is 0.617. The number of nitrogens with two attached hydrogens (primary N) is 1. The molecule has 2 heterocycles. The summed E-state index contributed by atoms with van der Waals surface area (Å²) in [6, 6.07) is 1.04. The number of aliphatic hydroxyl groups is 1. The molecule has 0 amide bonds. The molecule has 3 heteroatoms. The third kappa shape index (κ3) is 1.39. The van der Waals surface area contributed by atoms with Gasteiger partial charge in [0.25, 0.3) is 0 Å². The Hall–Kier alpha value is -0.120. The van der Waals surface area contributed by atoms with Gasteiger partial charge in [0, 0.05) is 18.1 Å². The van der Waals surface area contributed by atoms with Crippen LogP contribution in [0.25, 0.3) is 0 Å². The van der Waals surface area contributed by atoms with E-state index >= 15 is 0 Å². The molecule has 3 nitrogen and oxygen atoms in total. The zero-order chi connectivity index (χ0) is 9.64. The Morgan fingerprint density at radius 1 is 1.38 bits per heavy atom. The zero-order valence-electron chi connectivity index (χ0n) is 8.53. The average molecular weight is 184 g/mol. The summed E-state index contributed by atoms with van der Waals surface area (Å²) in [5.74, 6) is 0. The van der Waals surface area contributed by atoms with Crippen molar-refractivity contribution in [3.63, 3.8) is 0 Å². The van der Waals surface area contributed by atoms with Crippen LogP contribution in [-0.4, -0.2) is 40.8 Å². The number of fused-ring (bicyclic) bond motifs is 2. The highest BCUT2D eigenvalue weighted by atomic mass is 16.3. The van der Waals surface area contributed by atoms with Crippen molar-refractivity contribution in [3.8, 4) is 0 Å². The molecule has 3 N–H and O–H groups in total. The molecule has 2 aliphatic rings. The van der Waals surface area contributed by atoms with Crippen LogP contribution in [0.4, 0.5) is 0 Å². The highest BCUT2D eigenvalue weighted by Gasteiger charge is 2.47. The Morgan fingerprint density at radius 3 is 2.23 bits per heavy atom. The first kappa shape index (κ1) is 9.44. The van der Waals surface area contributed by atoms with Crippen LogP contribution in [-0.2, 0) is 0 Å². The summed E-state index contributed by atoms with van der Waals surface area (Å²) in [6.45, 7) is 1.92. The average Bonchev–Trinajstić information content (AvgIpc) is 2.33. The van der Waals surface area contributed by atoms with Gasteiger partial charge in [-0.15, -0.1) is 0 Å². The standard InChI is InChI=1S/C10H20N2O/c1-7(11)10(13)5-8-3-4-9(6-10)12(8)2/h7-9,13H,3-6,11H2,1-2H3. The van der Waals surface area contributed by atoms with E-state index in [0.29, 0.717) is 12.1 Å². The van der Waals surface area contributed by atoms with Crippen molar-refractivity contribution in [1.29, 1.82) is 0 Å². The molecule has 2 aliphatic heterocycles. The number of nitrogens with zero attached hydrogens (tertiary/aromatic N) is 1.